The molecule has 0 spiro atoms. The summed E-state index contributed by atoms with van der Waals surface area (Å²) in [6.07, 6.45) is 7.81. The van der Waals surface area contributed by atoms with Crippen molar-refractivity contribution in [2.24, 2.45) is 0 Å². The van der Waals surface area contributed by atoms with Crippen molar-refractivity contribution in [2.45, 2.75) is 18.9 Å². The van der Waals surface area contributed by atoms with Crippen LogP contribution in [0.3, 0.4) is 0 Å². The highest BCUT2D eigenvalue weighted by molar-refractivity contribution is 7.82. The van der Waals surface area contributed by atoms with Crippen LogP contribution in [0.15, 0.2) is 36.9 Å². The van der Waals surface area contributed by atoms with Gasteiger partial charge >= 0.3 is 0 Å². The first-order chi connectivity index (χ1) is 12.2. The van der Waals surface area contributed by atoms with Gasteiger partial charge in [-0.25, -0.2) is 13.5 Å². The highest BCUT2D eigenvalue weighted by atomic mass is 32.2. The molecule has 1 fully saturated rings. The Morgan fingerprint density at radius 1 is 1.46 bits per heavy atom. The molecule has 4 rings (SSSR count). The summed E-state index contributed by atoms with van der Waals surface area (Å²) >= 11 is 0. The predicted molar refractivity (Wildman–Crippen MR) is 99.4 cm³/mol. The van der Waals surface area contributed by atoms with Gasteiger partial charge in [-0.1, -0.05) is 6.92 Å². The summed E-state index contributed by atoms with van der Waals surface area (Å²) in [7, 11) is -0.981. The van der Waals surface area contributed by atoms with Gasteiger partial charge in [0.2, 0.25) is 0 Å². The van der Waals surface area contributed by atoms with Crippen LogP contribution in [0.2, 0.25) is 0 Å². The Morgan fingerprint density at radius 2 is 2.27 bits per heavy atom. The monoisotopic (exact) mass is 372 g/mol. The summed E-state index contributed by atoms with van der Waals surface area (Å²) in [4.78, 5) is 7.48. The summed E-state index contributed by atoms with van der Waals surface area (Å²) < 4.78 is 15.7. The van der Waals surface area contributed by atoms with E-state index in [9.17, 15) is 9.47 Å². The molecule has 4 heterocycles. The lowest BCUT2D eigenvalue weighted by molar-refractivity contribution is 0.0765. The number of hydrogen-bond acceptors (Lipinski definition) is 4. The van der Waals surface area contributed by atoms with Crippen molar-refractivity contribution in [3.63, 3.8) is 0 Å². The SMILES string of the molecule is CCS(=O)N1CC(CC#N)(n2cc(-c3c[nH]c4ncccc34)cn2)C1.O. The lowest BCUT2D eigenvalue weighted by Crippen LogP contribution is -2.63. The molecule has 0 amide bonds. The third-order valence-corrected chi connectivity index (χ3v) is 6.04. The van der Waals surface area contributed by atoms with Gasteiger partial charge in [0.1, 0.15) is 11.2 Å². The molecule has 0 aromatic carbocycles. The molecule has 0 radical (unpaired) electrons. The second-order valence-electron chi connectivity index (χ2n) is 6.24. The van der Waals surface area contributed by atoms with E-state index in [2.05, 4.69) is 21.1 Å². The molecule has 3 aromatic heterocycles. The van der Waals surface area contributed by atoms with E-state index >= 15 is 0 Å². The van der Waals surface area contributed by atoms with Crippen LogP contribution in [0.1, 0.15) is 13.3 Å². The number of aromatic nitrogens is 4. The summed E-state index contributed by atoms with van der Waals surface area (Å²) in [5, 5.41) is 14.8. The van der Waals surface area contributed by atoms with Crippen LogP contribution in [0, 0.1) is 11.3 Å². The van der Waals surface area contributed by atoms with E-state index in [-0.39, 0.29) is 5.48 Å². The van der Waals surface area contributed by atoms with Gasteiger partial charge in [-0.3, -0.25) is 4.68 Å². The number of pyridine rings is 1. The molecule has 3 aromatic rings. The van der Waals surface area contributed by atoms with E-state index in [1.807, 2.05) is 46.6 Å². The highest BCUT2D eigenvalue weighted by Crippen LogP contribution is 2.35. The topological polar surface area (TPSA) is 122 Å². The quantitative estimate of drug-likeness (QED) is 0.723. The van der Waals surface area contributed by atoms with Crippen LogP contribution in [0.5, 0.6) is 0 Å². The molecule has 8 nitrogen and oxygen atoms in total. The molecular formula is C17H20N6O2S. The van der Waals surface area contributed by atoms with E-state index in [1.54, 1.807) is 6.20 Å². The van der Waals surface area contributed by atoms with Gasteiger partial charge < -0.3 is 10.5 Å². The van der Waals surface area contributed by atoms with Crippen LogP contribution in [0.25, 0.3) is 22.2 Å². The van der Waals surface area contributed by atoms with Crippen molar-refractivity contribution in [2.75, 3.05) is 18.8 Å². The van der Waals surface area contributed by atoms with Crippen molar-refractivity contribution < 1.29 is 9.69 Å². The lowest BCUT2D eigenvalue weighted by atomic mass is 9.89. The minimum Gasteiger partial charge on any atom is -0.412 e. The first-order valence-corrected chi connectivity index (χ1v) is 9.42. The lowest BCUT2D eigenvalue weighted by Gasteiger charge is -2.47. The Balaban J connectivity index is 0.00000196. The molecule has 1 unspecified atom stereocenters. The summed E-state index contributed by atoms with van der Waals surface area (Å²) in [5.74, 6) is 0.593. The van der Waals surface area contributed by atoms with E-state index in [4.69, 9.17) is 0 Å². The maximum absolute atomic E-state index is 12.0. The summed E-state index contributed by atoms with van der Waals surface area (Å²) in [6, 6.07) is 6.19. The van der Waals surface area contributed by atoms with E-state index < -0.39 is 16.5 Å². The van der Waals surface area contributed by atoms with Gasteiger partial charge in [-0.15, -0.1) is 0 Å². The average Bonchev–Trinajstić information content (AvgIpc) is 3.23. The van der Waals surface area contributed by atoms with Gasteiger partial charge in [0, 0.05) is 53.9 Å². The van der Waals surface area contributed by atoms with Crippen molar-refractivity contribution in [3.8, 4) is 17.2 Å². The predicted octanol–water partition coefficient (Wildman–Crippen LogP) is 1.21. The van der Waals surface area contributed by atoms with Crippen LogP contribution < -0.4 is 0 Å². The molecule has 3 N–H and O–H groups in total. The van der Waals surface area contributed by atoms with E-state index in [1.165, 1.54) is 0 Å². The zero-order valence-electron chi connectivity index (χ0n) is 14.3. The van der Waals surface area contributed by atoms with Crippen LogP contribution in [-0.2, 0) is 16.5 Å². The molecule has 0 saturated carbocycles. The normalized spacial score (nSPS) is 17.2. The second kappa shape index (κ2) is 6.99. The smallest absolute Gasteiger partial charge is 0.137 e. The van der Waals surface area contributed by atoms with E-state index in [0.717, 1.165) is 22.2 Å². The Kier molecular flexibility index (Phi) is 4.91. The number of rotatable bonds is 5. The molecule has 1 aliphatic rings. The number of aromatic amines is 1. The standard InChI is InChI=1S/C17H18N6OS.H2O/c1-2-25(24)22-11-17(12-22,5-6-18)23-10-13(8-21-23)15-9-20-16-14(15)4-3-7-19-16;/h3-4,7-10H,2,5,11-12H2,1H3,(H,19,20);1H2. The molecule has 136 valence electrons. The molecule has 26 heavy (non-hydrogen) atoms. The number of hydrogen-bond donors (Lipinski definition) is 1. The number of fused-ring (bicyclic) bond motifs is 1. The molecule has 1 atom stereocenters. The largest absolute Gasteiger partial charge is 0.412 e. The van der Waals surface area contributed by atoms with Crippen molar-refractivity contribution in [1.29, 1.82) is 5.26 Å². The molecule has 0 bridgehead atoms. The fourth-order valence-electron chi connectivity index (χ4n) is 3.34. The van der Waals surface area contributed by atoms with Gasteiger partial charge in [0.25, 0.3) is 0 Å². The third-order valence-electron chi connectivity index (χ3n) is 4.72. The van der Waals surface area contributed by atoms with Crippen LogP contribution in [-0.4, -0.2) is 52.6 Å². The van der Waals surface area contributed by atoms with Crippen LogP contribution >= 0.6 is 0 Å². The summed E-state index contributed by atoms with van der Waals surface area (Å²) in [6.45, 7) is 3.06. The van der Waals surface area contributed by atoms with Gasteiger partial charge in [-0.2, -0.15) is 10.4 Å². The second-order valence-corrected chi connectivity index (χ2v) is 7.98. The molecule has 0 aliphatic carbocycles. The van der Waals surface area contributed by atoms with Gasteiger partial charge in [-0.05, 0) is 12.1 Å². The number of nitrogens with zero attached hydrogens (tertiary/aromatic N) is 5. The highest BCUT2D eigenvalue weighted by Gasteiger charge is 2.47. The minimum absolute atomic E-state index is 0. The maximum Gasteiger partial charge on any atom is 0.137 e. The Labute approximate surface area is 153 Å². The molecule has 1 aliphatic heterocycles. The fourth-order valence-corrected chi connectivity index (χ4v) is 4.47. The zero-order valence-corrected chi connectivity index (χ0v) is 15.2. The third kappa shape index (κ3) is 2.82. The van der Waals surface area contributed by atoms with Crippen molar-refractivity contribution in [3.05, 3.63) is 36.9 Å². The number of H-pyrrole nitrogens is 1. The number of nitrogens with one attached hydrogen (secondary N) is 1. The Hall–Kier alpha value is -2.54. The fraction of sp³-hybridized carbons (Fsp3) is 0.353. The number of nitriles is 1. The molecular weight excluding hydrogens is 352 g/mol. The van der Waals surface area contributed by atoms with Gasteiger partial charge in [0.05, 0.1) is 29.7 Å². The maximum atomic E-state index is 12.0. The Bertz CT molecular complexity index is 982. The van der Waals surface area contributed by atoms with Crippen LogP contribution in [0.4, 0.5) is 0 Å². The van der Waals surface area contributed by atoms with Crippen molar-refractivity contribution in [1.82, 2.24) is 24.1 Å². The van der Waals surface area contributed by atoms with Crippen molar-refractivity contribution >= 4 is 22.0 Å². The Morgan fingerprint density at radius 3 is 3.00 bits per heavy atom. The first kappa shape index (κ1) is 18.3. The van der Waals surface area contributed by atoms with E-state index in [0.29, 0.717) is 25.3 Å². The first-order valence-electron chi connectivity index (χ1n) is 8.15. The minimum atomic E-state index is -0.981. The zero-order chi connectivity index (χ0) is 17.4. The molecule has 9 heteroatoms. The van der Waals surface area contributed by atoms with Gasteiger partial charge in [0.15, 0.2) is 0 Å². The average molecular weight is 372 g/mol. The molecule has 1 saturated heterocycles. The summed E-state index contributed by atoms with van der Waals surface area (Å²) in [5.41, 5.74) is 2.45.